The second-order valence-corrected chi connectivity index (χ2v) is 5.15. The van der Waals surface area contributed by atoms with Crippen LogP contribution in [0.5, 0.6) is 0 Å². The van der Waals surface area contributed by atoms with Crippen molar-refractivity contribution in [2.24, 2.45) is 5.73 Å². The van der Waals surface area contributed by atoms with Crippen molar-refractivity contribution < 1.29 is 4.79 Å². The van der Waals surface area contributed by atoms with Gasteiger partial charge in [-0.15, -0.1) is 0 Å². The summed E-state index contributed by atoms with van der Waals surface area (Å²) in [4.78, 5) is 12.5. The predicted octanol–water partition coefficient (Wildman–Crippen LogP) is 3.19. The molecule has 0 saturated heterocycles. The van der Waals surface area contributed by atoms with Gasteiger partial charge in [0.1, 0.15) is 4.99 Å². The van der Waals surface area contributed by atoms with E-state index in [1.807, 2.05) is 32.0 Å². The lowest BCUT2D eigenvalue weighted by atomic mass is 10.1. The fraction of sp³-hybridized carbons (Fsp3) is 0.125. The van der Waals surface area contributed by atoms with Crippen LogP contribution in [-0.2, 0) is 0 Å². The minimum atomic E-state index is -0.145. The largest absolute Gasteiger partial charge is 0.389 e. The van der Waals surface area contributed by atoms with Crippen molar-refractivity contribution in [1.29, 1.82) is 0 Å². The van der Waals surface area contributed by atoms with Crippen molar-refractivity contribution in [3.05, 3.63) is 64.7 Å². The van der Waals surface area contributed by atoms with Gasteiger partial charge in [-0.2, -0.15) is 0 Å². The Balaban J connectivity index is 2.19. The number of rotatable bonds is 3. The van der Waals surface area contributed by atoms with Crippen LogP contribution >= 0.6 is 12.2 Å². The number of carbonyl (C=O) groups excluding carboxylic acids is 1. The van der Waals surface area contributed by atoms with Crippen molar-refractivity contribution in [1.82, 2.24) is 0 Å². The quantitative estimate of drug-likeness (QED) is 0.851. The first-order valence-electron chi connectivity index (χ1n) is 6.26. The standard InChI is InChI=1S/C16H16N2OS/c1-10-3-4-11(2)14(9-10)18-16(19)13-7-5-12(6-8-13)15(17)20/h3-9H,1-2H3,(H2,17,20)(H,18,19). The monoisotopic (exact) mass is 284 g/mol. The molecule has 3 nitrogen and oxygen atoms in total. The van der Waals surface area contributed by atoms with Gasteiger partial charge in [0, 0.05) is 16.8 Å². The topological polar surface area (TPSA) is 55.1 Å². The van der Waals surface area contributed by atoms with Crippen molar-refractivity contribution in [3.8, 4) is 0 Å². The average molecular weight is 284 g/mol. The highest BCUT2D eigenvalue weighted by Gasteiger charge is 2.08. The summed E-state index contributed by atoms with van der Waals surface area (Å²) in [6.45, 7) is 3.96. The highest BCUT2D eigenvalue weighted by Crippen LogP contribution is 2.17. The third-order valence-electron chi connectivity index (χ3n) is 3.07. The maximum atomic E-state index is 12.2. The van der Waals surface area contributed by atoms with Gasteiger partial charge in [0.2, 0.25) is 0 Å². The number of hydrogen-bond acceptors (Lipinski definition) is 2. The average Bonchev–Trinajstić information content (AvgIpc) is 2.43. The predicted molar refractivity (Wildman–Crippen MR) is 86.2 cm³/mol. The SMILES string of the molecule is Cc1ccc(C)c(NC(=O)c2ccc(C(N)=S)cc2)c1. The van der Waals surface area contributed by atoms with E-state index in [0.29, 0.717) is 10.6 Å². The molecular weight excluding hydrogens is 268 g/mol. The van der Waals surface area contributed by atoms with E-state index in [0.717, 1.165) is 22.4 Å². The van der Waals surface area contributed by atoms with Crippen LogP contribution in [0.3, 0.4) is 0 Å². The number of nitrogens with one attached hydrogen (secondary N) is 1. The van der Waals surface area contributed by atoms with E-state index in [-0.39, 0.29) is 5.91 Å². The summed E-state index contributed by atoms with van der Waals surface area (Å²) in [5, 5.41) is 2.91. The van der Waals surface area contributed by atoms with Gasteiger partial charge >= 0.3 is 0 Å². The van der Waals surface area contributed by atoms with E-state index in [1.165, 1.54) is 0 Å². The van der Waals surface area contributed by atoms with Gasteiger partial charge < -0.3 is 11.1 Å². The highest BCUT2D eigenvalue weighted by atomic mass is 32.1. The van der Waals surface area contributed by atoms with E-state index >= 15 is 0 Å². The fourth-order valence-electron chi connectivity index (χ4n) is 1.85. The smallest absolute Gasteiger partial charge is 0.255 e. The molecule has 0 bridgehead atoms. The first-order chi connectivity index (χ1) is 9.47. The lowest BCUT2D eigenvalue weighted by molar-refractivity contribution is 0.102. The number of anilines is 1. The van der Waals surface area contributed by atoms with Gasteiger partial charge in [0.05, 0.1) is 0 Å². The van der Waals surface area contributed by atoms with Gasteiger partial charge in [0.25, 0.3) is 5.91 Å². The number of aryl methyl sites for hydroxylation is 2. The summed E-state index contributed by atoms with van der Waals surface area (Å²) in [6.07, 6.45) is 0. The van der Waals surface area contributed by atoms with Crippen LogP contribution in [0.4, 0.5) is 5.69 Å². The highest BCUT2D eigenvalue weighted by molar-refractivity contribution is 7.80. The molecule has 2 rings (SSSR count). The van der Waals surface area contributed by atoms with Crippen LogP contribution in [-0.4, -0.2) is 10.9 Å². The van der Waals surface area contributed by atoms with Crippen LogP contribution in [0, 0.1) is 13.8 Å². The third-order valence-corrected chi connectivity index (χ3v) is 3.31. The molecule has 0 spiro atoms. The maximum Gasteiger partial charge on any atom is 0.255 e. The fourth-order valence-corrected chi connectivity index (χ4v) is 1.99. The molecule has 0 heterocycles. The number of hydrogen-bond donors (Lipinski definition) is 2. The third kappa shape index (κ3) is 3.22. The molecule has 0 aliphatic carbocycles. The number of benzene rings is 2. The Morgan fingerprint density at radius 1 is 1.05 bits per heavy atom. The molecule has 2 aromatic rings. The molecule has 0 radical (unpaired) electrons. The van der Waals surface area contributed by atoms with Crippen molar-refractivity contribution in [2.75, 3.05) is 5.32 Å². The Bertz CT molecular complexity index is 663. The van der Waals surface area contributed by atoms with Crippen molar-refractivity contribution in [2.45, 2.75) is 13.8 Å². The molecule has 0 aliphatic heterocycles. The number of nitrogens with two attached hydrogens (primary N) is 1. The summed E-state index contributed by atoms with van der Waals surface area (Å²) in [5.41, 5.74) is 9.82. The zero-order valence-corrected chi connectivity index (χ0v) is 12.3. The van der Waals surface area contributed by atoms with Crippen molar-refractivity contribution >= 4 is 28.8 Å². The van der Waals surface area contributed by atoms with Crippen LogP contribution in [0.1, 0.15) is 27.0 Å². The van der Waals surface area contributed by atoms with E-state index in [2.05, 4.69) is 5.32 Å². The molecule has 0 fully saturated rings. The normalized spacial score (nSPS) is 10.1. The second-order valence-electron chi connectivity index (χ2n) is 4.71. The zero-order valence-electron chi connectivity index (χ0n) is 11.4. The number of amides is 1. The number of carbonyl (C=O) groups is 1. The number of thiocarbonyl (C=S) groups is 1. The molecule has 2 aromatic carbocycles. The van der Waals surface area contributed by atoms with Crippen molar-refractivity contribution in [3.63, 3.8) is 0 Å². The summed E-state index contributed by atoms with van der Waals surface area (Å²) in [7, 11) is 0. The van der Waals surface area contributed by atoms with Crippen LogP contribution in [0.2, 0.25) is 0 Å². The van der Waals surface area contributed by atoms with Gasteiger partial charge in [-0.05, 0) is 43.2 Å². The Hall–Kier alpha value is -2.20. The van der Waals surface area contributed by atoms with Gasteiger partial charge in [-0.3, -0.25) is 4.79 Å². The van der Waals surface area contributed by atoms with Crippen LogP contribution < -0.4 is 11.1 Å². The molecule has 0 aliphatic rings. The van der Waals surface area contributed by atoms with Gasteiger partial charge in [-0.25, -0.2) is 0 Å². The first-order valence-corrected chi connectivity index (χ1v) is 6.66. The van der Waals surface area contributed by atoms with Gasteiger partial charge in [0.15, 0.2) is 0 Å². The molecule has 0 saturated carbocycles. The molecule has 102 valence electrons. The second kappa shape index (κ2) is 5.84. The Morgan fingerprint density at radius 2 is 1.65 bits per heavy atom. The zero-order chi connectivity index (χ0) is 14.7. The Labute approximate surface area is 123 Å². The van der Waals surface area contributed by atoms with Gasteiger partial charge in [-0.1, -0.05) is 36.5 Å². The van der Waals surface area contributed by atoms with E-state index in [1.54, 1.807) is 24.3 Å². The molecule has 0 unspecified atom stereocenters. The van der Waals surface area contributed by atoms with E-state index in [9.17, 15) is 4.79 Å². The summed E-state index contributed by atoms with van der Waals surface area (Å²) >= 11 is 4.88. The molecule has 0 atom stereocenters. The molecule has 0 aromatic heterocycles. The summed E-state index contributed by atoms with van der Waals surface area (Å²) in [5.74, 6) is -0.145. The first kappa shape index (κ1) is 14.2. The minimum absolute atomic E-state index is 0.145. The molecule has 1 amide bonds. The van der Waals surface area contributed by atoms with Crippen LogP contribution in [0.25, 0.3) is 0 Å². The Morgan fingerprint density at radius 3 is 2.25 bits per heavy atom. The maximum absolute atomic E-state index is 12.2. The summed E-state index contributed by atoms with van der Waals surface area (Å²) < 4.78 is 0. The Kier molecular flexibility index (Phi) is 4.15. The molecule has 3 N–H and O–H groups in total. The lowest BCUT2D eigenvalue weighted by Crippen LogP contribution is -2.14. The molecular formula is C16H16N2OS. The van der Waals surface area contributed by atoms with E-state index in [4.69, 9.17) is 18.0 Å². The summed E-state index contributed by atoms with van der Waals surface area (Å²) in [6, 6.07) is 12.9. The minimum Gasteiger partial charge on any atom is -0.389 e. The molecule has 20 heavy (non-hydrogen) atoms. The molecule has 4 heteroatoms. The van der Waals surface area contributed by atoms with Crippen LogP contribution in [0.15, 0.2) is 42.5 Å². The van der Waals surface area contributed by atoms with E-state index < -0.39 is 0 Å². The lowest BCUT2D eigenvalue weighted by Gasteiger charge is -2.09.